The average Bonchev–Trinajstić information content (AvgIpc) is 2.98. The van der Waals surface area contributed by atoms with E-state index in [4.69, 9.17) is 0 Å². The van der Waals surface area contributed by atoms with Crippen LogP contribution in [0, 0.1) is 5.82 Å². The number of nitrogens with one attached hydrogen (secondary N) is 1. The number of carbonyl (C=O) groups is 1. The van der Waals surface area contributed by atoms with E-state index in [1.54, 1.807) is 12.1 Å². The van der Waals surface area contributed by atoms with Gasteiger partial charge < -0.3 is 4.90 Å². The van der Waals surface area contributed by atoms with Gasteiger partial charge in [-0.05, 0) is 32.3 Å². The first-order valence-corrected chi connectivity index (χ1v) is 7.42. The second-order valence-corrected chi connectivity index (χ2v) is 5.40. The van der Waals surface area contributed by atoms with Crippen LogP contribution in [0.2, 0.25) is 0 Å². The second kappa shape index (κ2) is 6.84. The van der Waals surface area contributed by atoms with Gasteiger partial charge in [-0.2, -0.15) is 0 Å². The molecule has 1 aromatic rings. The van der Waals surface area contributed by atoms with Crippen molar-refractivity contribution >= 4 is 5.91 Å². The molecule has 20 heavy (non-hydrogen) atoms. The number of benzene rings is 1. The van der Waals surface area contributed by atoms with Crippen LogP contribution < -0.4 is 5.32 Å². The number of nitrogens with zero attached hydrogens (tertiary/aromatic N) is 1. The molecule has 1 saturated heterocycles. The molecule has 1 N–H and O–H groups in total. The van der Waals surface area contributed by atoms with Crippen molar-refractivity contribution < 1.29 is 9.18 Å². The first-order valence-electron chi connectivity index (χ1n) is 7.42. The summed E-state index contributed by atoms with van der Waals surface area (Å²) in [6.07, 6.45) is 2.92. The summed E-state index contributed by atoms with van der Waals surface area (Å²) < 4.78 is 13.8. The lowest BCUT2D eigenvalue weighted by molar-refractivity contribution is -0.132. The predicted octanol–water partition coefficient (Wildman–Crippen LogP) is 2.88. The molecule has 1 heterocycles. The van der Waals surface area contributed by atoms with Gasteiger partial charge >= 0.3 is 0 Å². The molecule has 2 rings (SSSR count). The van der Waals surface area contributed by atoms with Crippen molar-refractivity contribution in [1.29, 1.82) is 0 Å². The van der Waals surface area contributed by atoms with Crippen LogP contribution in [0.25, 0.3) is 0 Å². The zero-order chi connectivity index (χ0) is 14.5. The quantitative estimate of drug-likeness (QED) is 0.898. The third-order valence-corrected chi connectivity index (χ3v) is 3.93. The normalized spacial score (nSPS) is 18.1. The van der Waals surface area contributed by atoms with Gasteiger partial charge in [0.15, 0.2) is 0 Å². The van der Waals surface area contributed by atoms with E-state index in [2.05, 4.69) is 5.32 Å². The Hall–Kier alpha value is -1.42. The van der Waals surface area contributed by atoms with E-state index in [9.17, 15) is 9.18 Å². The number of amides is 1. The van der Waals surface area contributed by atoms with Gasteiger partial charge in [0, 0.05) is 24.7 Å². The molecule has 0 aliphatic carbocycles. The summed E-state index contributed by atoms with van der Waals surface area (Å²) in [5, 5.41) is 3.27. The van der Waals surface area contributed by atoms with Gasteiger partial charge in [-0.3, -0.25) is 10.1 Å². The summed E-state index contributed by atoms with van der Waals surface area (Å²) in [7, 11) is 0. The molecular formula is C16H23FN2O. The van der Waals surface area contributed by atoms with Gasteiger partial charge in [0.1, 0.15) is 5.82 Å². The maximum absolute atomic E-state index is 13.8. The van der Waals surface area contributed by atoms with Crippen LogP contribution in [0.4, 0.5) is 4.39 Å². The van der Waals surface area contributed by atoms with Gasteiger partial charge in [0.2, 0.25) is 5.91 Å². The van der Waals surface area contributed by atoms with Crippen LogP contribution in [0.5, 0.6) is 0 Å². The van der Waals surface area contributed by atoms with Gasteiger partial charge in [-0.25, -0.2) is 4.39 Å². The Morgan fingerprint density at radius 1 is 1.35 bits per heavy atom. The molecule has 1 fully saturated rings. The van der Waals surface area contributed by atoms with Gasteiger partial charge in [-0.15, -0.1) is 0 Å². The minimum absolute atomic E-state index is 0.122. The molecule has 2 unspecified atom stereocenters. The summed E-state index contributed by atoms with van der Waals surface area (Å²) in [6, 6.07) is 6.35. The highest BCUT2D eigenvalue weighted by atomic mass is 19.1. The lowest BCUT2D eigenvalue weighted by Crippen LogP contribution is -2.45. The highest BCUT2D eigenvalue weighted by Crippen LogP contribution is 2.21. The number of likely N-dealkylation sites (tertiary alicyclic amines) is 1. The van der Waals surface area contributed by atoms with Gasteiger partial charge in [-0.1, -0.05) is 25.1 Å². The number of halogens is 1. The first-order chi connectivity index (χ1) is 9.63. The molecule has 3 nitrogen and oxygen atoms in total. The number of rotatable bonds is 5. The predicted molar refractivity (Wildman–Crippen MR) is 77.8 cm³/mol. The molecule has 0 radical (unpaired) electrons. The Morgan fingerprint density at radius 2 is 2.00 bits per heavy atom. The smallest absolute Gasteiger partial charge is 0.239 e. The fraction of sp³-hybridized carbons (Fsp3) is 0.562. The molecule has 1 aliphatic rings. The molecule has 0 aromatic heterocycles. The number of carbonyl (C=O) groups excluding carboxylic acids is 1. The van der Waals surface area contributed by atoms with Crippen LogP contribution in [0.1, 0.15) is 44.7 Å². The largest absolute Gasteiger partial charge is 0.341 e. The maximum Gasteiger partial charge on any atom is 0.239 e. The second-order valence-electron chi connectivity index (χ2n) is 5.40. The SMILES string of the molecule is CCC(NC(C)C(=O)N1CCCC1)c1ccccc1F. The fourth-order valence-electron chi connectivity index (χ4n) is 2.77. The lowest BCUT2D eigenvalue weighted by Gasteiger charge is -2.26. The summed E-state index contributed by atoms with van der Waals surface area (Å²) in [5.41, 5.74) is 0.635. The van der Waals surface area contributed by atoms with Crippen molar-refractivity contribution in [2.24, 2.45) is 0 Å². The van der Waals surface area contributed by atoms with E-state index < -0.39 is 0 Å². The lowest BCUT2D eigenvalue weighted by atomic mass is 10.0. The zero-order valence-electron chi connectivity index (χ0n) is 12.2. The number of hydrogen-bond acceptors (Lipinski definition) is 2. The standard InChI is InChI=1S/C16H23FN2O/c1-3-15(13-8-4-5-9-14(13)17)18-12(2)16(20)19-10-6-7-11-19/h4-5,8-9,12,15,18H,3,6-7,10-11H2,1-2H3. The van der Waals surface area contributed by atoms with E-state index in [-0.39, 0.29) is 23.8 Å². The molecule has 1 aliphatic heterocycles. The Bertz CT molecular complexity index is 458. The highest BCUT2D eigenvalue weighted by Gasteiger charge is 2.25. The fourth-order valence-corrected chi connectivity index (χ4v) is 2.77. The zero-order valence-corrected chi connectivity index (χ0v) is 12.2. The van der Waals surface area contributed by atoms with Crippen molar-refractivity contribution in [3.63, 3.8) is 0 Å². The average molecular weight is 278 g/mol. The monoisotopic (exact) mass is 278 g/mol. The van der Waals surface area contributed by atoms with E-state index in [0.717, 1.165) is 32.4 Å². The molecule has 1 amide bonds. The van der Waals surface area contributed by atoms with Gasteiger partial charge in [0.25, 0.3) is 0 Å². The van der Waals surface area contributed by atoms with E-state index in [1.807, 2.05) is 24.8 Å². The molecule has 110 valence electrons. The molecule has 1 aromatic carbocycles. The maximum atomic E-state index is 13.8. The van der Waals surface area contributed by atoms with Crippen LogP contribution in [0.3, 0.4) is 0 Å². The summed E-state index contributed by atoms with van der Waals surface area (Å²) in [5.74, 6) is -0.0926. The van der Waals surface area contributed by atoms with Crippen molar-refractivity contribution in [3.8, 4) is 0 Å². The summed E-state index contributed by atoms with van der Waals surface area (Å²) in [6.45, 7) is 5.56. The van der Waals surface area contributed by atoms with Crippen LogP contribution in [-0.2, 0) is 4.79 Å². The first kappa shape index (κ1) is 15.0. The van der Waals surface area contributed by atoms with Crippen LogP contribution in [0.15, 0.2) is 24.3 Å². The Balaban J connectivity index is 2.02. The van der Waals surface area contributed by atoms with Crippen LogP contribution >= 0.6 is 0 Å². The minimum Gasteiger partial charge on any atom is -0.341 e. The topological polar surface area (TPSA) is 32.3 Å². The van der Waals surface area contributed by atoms with Crippen molar-refractivity contribution in [3.05, 3.63) is 35.6 Å². The Labute approximate surface area is 120 Å². The van der Waals surface area contributed by atoms with Crippen LogP contribution in [-0.4, -0.2) is 29.9 Å². The Morgan fingerprint density at radius 3 is 2.60 bits per heavy atom. The summed E-state index contributed by atoms with van der Waals surface area (Å²) in [4.78, 5) is 14.2. The minimum atomic E-state index is -0.280. The highest BCUT2D eigenvalue weighted by molar-refractivity contribution is 5.81. The van der Waals surface area contributed by atoms with Crippen molar-refractivity contribution in [1.82, 2.24) is 10.2 Å². The van der Waals surface area contributed by atoms with Crippen molar-refractivity contribution in [2.45, 2.75) is 45.2 Å². The molecular weight excluding hydrogens is 255 g/mol. The van der Waals surface area contributed by atoms with Gasteiger partial charge in [0.05, 0.1) is 6.04 Å². The van der Waals surface area contributed by atoms with E-state index >= 15 is 0 Å². The molecule has 4 heteroatoms. The van der Waals surface area contributed by atoms with E-state index in [1.165, 1.54) is 6.07 Å². The number of hydrogen-bond donors (Lipinski definition) is 1. The third-order valence-electron chi connectivity index (χ3n) is 3.93. The molecule has 0 saturated carbocycles. The summed E-state index contributed by atoms with van der Waals surface area (Å²) >= 11 is 0. The van der Waals surface area contributed by atoms with E-state index in [0.29, 0.717) is 5.56 Å². The molecule has 2 atom stereocenters. The van der Waals surface area contributed by atoms with Crippen molar-refractivity contribution in [2.75, 3.05) is 13.1 Å². The Kier molecular flexibility index (Phi) is 5.12. The molecule has 0 bridgehead atoms. The third kappa shape index (κ3) is 3.37. The molecule has 0 spiro atoms.